The molecule has 0 aliphatic carbocycles. The van der Waals surface area contributed by atoms with E-state index in [0.717, 1.165) is 37.2 Å². The number of amides is 1. The van der Waals surface area contributed by atoms with Crippen molar-refractivity contribution in [1.82, 2.24) is 9.88 Å². The third-order valence-electron chi connectivity index (χ3n) is 3.65. The number of hydrogen-bond donors (Lipinski definition) is 1. The Bertz CT molecular complexity index is 441. The first-order chi connectivity index (χ1) is 9.54. The Morgan fingerprint density at radius 1 is 1.35 bits per heavy atom. The minimum Gasteiger partial charge on any atom is -0.384 e. The van der Waals surface area contributed by atoms with E-state index < -0.39 is 0 Å². The van der Waals surface area contributed by atoms with Gasteiger partial charge >= 0.3 is 0 Å². The summed E-state index contributed by atoms with van der Waals surface area (Å²) in [5.74, 6) is 0.0461. The highest BCUT2D eigenvalue weighted by Gasteiger charge is 2.21. The molecule has 4 nitrogen and oxygen atoms in total. The van der Waals surface area contributed by atoms with Crippen LogP contribution in [0.15, 0.2) is 12.3 Å². The van der Waals surface area contributed by atoms with Gasteiger partial charge in [-0.1, -0.05) is 20.8 Å². The van der Waals surface area contributed by atoms with E-state index in [-0.39, 0.29) is 11.9 Å². The summed E-state index contributed by atoms with van der Waals surface area (Å²) in [5.41, 5.74) is 2.48. The Morgan fingerprint density at radius 3 is 2.55 bits per heavy atom. The van der Waals surface area contributed by atoms with Gasteiger partial charge in [-0.05, 0) is 32.3 Å². The van der Waals surface area contributed by atoms with Crippen LogP contribution in [0.4, 0.5) is 5.69 Å². The Labute approximate surface area is 122 Å². The van der Waals surface area contributed by atoms with Crippen molar-refractivity contribution in [3.05, 3.63) is 23.5 Å². The van der Waals surface area contributed by atoms with Gasteiger partial charge in [0.2, 0.25) is 0 Å². The van der Waals surface area contributed by atoms with Gasteiger partial charge in [0.1, 0.15) is 0 Å². The summed E-state index contributed by atoms with van der Waals surface area (Å²) in [5, 5.41) is 3.33. The predicted octanol–water partition coefficient (Wildman–Crippen LogP) is 3.47. The second-order valence-electron chi connectivity index (χ2n) is 5.18. The van der Waals surface area contributed by atoms with E-state index in [1.807, 2.05) is 24.9 Å². The van der Waals surface area contributed by atoms with Crippen LogP contribution in [0.5, 0.6) is 0 Å². The van der Waals surface area contributed by atoms with E-state index in [1.54, 1.807) is 6.20 Å². The molecule has 1 aromatic rings. The molecule has 0 saturated carbocycles. The summed E-state index contributed by atoms with van der Waals surface area (Å²) in [6.07, 6.45) is 4.65. The fourth-order valence-corrected chi connectivity index (χ4v) is 2.33. The molecule has 0 radical (unpaired) electrons. The van der Waals surface area contributed by atoms with Gasteiger partial charge in [0.25, 0.3) is 5.91 Å². The van der Waals surface area contributed by atoms with E-state index >= 15 is 0 Å². The molecule has 1 amide bonds. The summed E-state index contributed by atoms with van der Waals surface area (Å²) in [6.45, 7) is 9.14. The fraction of sp³-hybridized carbons (Fsp3) is 0.625. The van der Waals surface area contributed by atoms with E-state index in [0.29, 0.717) is 5.56 Å². The second kappa shape index (κ2) is 7.88. The van der Waals surface area contributed by atoms with Gasteiger partial charge in [0.15, 0.2) is 0 Å². The Hall–Kier alpha value is -1.58. The first-order valence-electron chi connectivity index (χ1n) is 7.52. The molecule has 0 spiro atoms. The van der Waals surface area contributed by atoms with Crippen LogP contribution in [0.2, 0.25) is 0 Å². The standard InChI is InChI=1S/C16H27N3O/c1-6-9-17-15-10-12(4)18-11-14(15)16(20)19(5)13(7-2)8-3/h10-11,13H,6-9H2,1-5H3,(H,17,18). The third kappa shape index (κ3) is 3.95. The molecular weight excluding hydrogens is 250 g/mol. The molecule has 4 heteroatoms. The number of aromatic nitrogens is 1. The first-order valence-corrected chi connectivity index (χ1v) is 7.52. The number of aryl methyl sites for hydroxylation is 1. The molecule has 0 bridgehead atoms. The van der Waals surface area contributed by atoms with Gasteiger partial charge < -0.3 is 10.2 Å². The number of carbonyl (C=O) groups excluding carboxylic acids is 1. The Balaban J connectivity index is 3.01. The van der Waals surface area contributed by atoms with Gasteiger partial charge in [0.05, 0.1) is 11.3 Å². The van der Waals surface area contributed by atoms with Gasteiger partial charge in [-0.2, -0.15) is 0 Å². The lowest BCUT2D eigenvalue weighted by atomic mass is 10.1. The van der Waals surface area contributed by atoms with Crippen molar-refractivity contribution >= 4 is 11.6 Å². The summed E-state index contributed by atoms with van der Waals surface area (Å²) in [6, 6.07) is 2.23. The Kier molecular flexibility index (Phi) is 6.49. The van der Waals surface area contributed by atoms with Gasteiger partial charge in [-0.25, -0.2) is 0 Å². The summed E-state index contributed by atoms with van der Waals surface area (Å²) >= 11 is 0. The van der Waals surface area contributed by atoms with Gasteiger partial charge in [-0.15, -0.1) is 0 Å². The highest BCUT2D eigenvalue weighted by molar-refractivity contribution is 5.99. The average molecular weight is 277 g/mol. The molecule has 0 aliphatic heterocycles. The highest BCUT2D eigenvalue weighted by Crippen LogP contribution is 2.19. The maximum Gasteiger partial charge on any atom is 0.257 e. The van der Waals surface area contributed by atoms with Gasteiger partial charge in [0, 0.05) is 31.5 Å². The molecule has 1 heterocycles. The van der Waals surface area contributed by atoms with Crippen LogP contribution in [0, 0.1) is 6.92 Å². The minimum absolute atomic E-state index is 0.0461. The number of nitrogens with one attached hydrogen (secondary N) is 1. The maximum absolute atomic E-state index is 12.6. The largest absolute Gasteiger partial charge is 0.384 e. The molecule has 112 valence electrons. The minimum atomic E-state index is 0.0461. The van der Waals surface area contributed by atoms with Crippen molar-refractivity contribution < 1.29 is 4.79 Å². The van der Waals surface area contributed by atoms with Crippen molar-refractivity contribution in [3.8, 4) is 0 Å². The number of hydrogen-bond acceptors (Lipinski definition) is 3. The topological polar surface area (TPSA) is 45.2 Å². The van der Waals surface area contributed by atoms with Crippen LogP contribution in [-0.2, 0) is 0 Å². The smallest absolute Gasteiger partial charge is 0.257 e. The lowest BCUT2D eigenvalue weighted by Crippen LogP contribution is -2.36. The highest BCUT2D eigenvalue weighted by atomic mass is 16.2. The summed E-state index contributed by atoms with van der Waals surface area (Å²) in [7, 11) is 1.88. The SMILES string of the molecule is CCCNc1cc(C)ncc1C(=O)N(C)C(CC)CC. The predicted molar refractivity (Wildman–Crippen MR) is 84.2 cm³/mol. The quantitative estimate of drug-likeness (QED) is 0.830. The van der Waals surface area contributed by atoms with Crippen molar-refractivity contribution in [2.45, 2.75) is 53.0 Å². The molecule has 0 fully saturated rings. The van der Waals surface area contributed by atoms with Crippen LogP contribution >= 0.6 is 0 Å². The van der Waals surface area contributed by atoms with Gasteiger partial charge in [-0.3, -0.25) is 9.78 Å². The van der Waals surface area contributed by atoms with E-state index in [1.165, 1.54) is 0 Å². The van der Waals surface area contributed by atoms with Crippen LogP contribution in [-0.4, -0.2) is 35.4 Å². The van der Waals surface area contributed by atoms with Crippen LogP contribution < -0.4 is 5.32 Å². The number of pyridine rings is 1. The van der Waals surface area contributed by atoms with Crippen molar-refractivity contribution in [2.75, 3.05) is 18.9 Å². The van der Waals surface area contributed by atoms with Crippen LogP contribution in [0.25, 0.3) is 0 Å². The van der Waals surface area contributed by atoms with E-state index in [9.17, 15) is 4.79 Å². The molecule has 0 unspecified atom stereocenters. The fourth-order valence-electron chi connectivity index (χ4n) is 2.33. The maximum atomic E-state index is 12.6. The first kappa shape index (κ1) is 16.5. The van der Waals surface area contributed by atoms with Crippen molar-refractivity contribution in [2.24, 2.45) is 0 Å². The normalized spacial score (nSPS) is 10.7. The number of nitrogens with zero attached hydrogens (tertiary/aromatic N) is 2. The van der Waals surface area contributed by atoms with Crippen molar-refractivity contribution in [3.63, 3.8) is 0 Å². The third-order valence-corrected chi connectivity index (χ3v) is 3.65. The van der Waals surface area contributed by atoms with E-state index in [4.69, 9.17) is 0 Å². The lowest BCUT2D eigenvalue weighted by molar-refractivity contribution is 0.0724. The molecule has 1 rings (SSSR count). The van der Waals surface area contributed by atoms with Crippen LogP contribution in [0.1, 0.15) is 56.1 Å². The molecular formula is C16H27N3O. The van der Waals surface area contributed by atoms with Crippen LogP contribution in [0.3, 0.4) is 0 Å². The molecule has 20 heavy (non-hydrogen) atoms. The van der Waals surface area contributed by atoms with E-state index in [2.05, 4.69) is 31.1 Å². The molecule has 0 atom stereocenters. The number of rotatable bonds is 7. The molecule has 0 aromatic carbocycles. The second-order valence-corrected chi connectivity index (χ2v) is 5.18. The average Bonchev–Trinajstić information content (AvgIpc) is 2.45. The molecule has 0 aliphatic rings. The monoisotopic (exact) mass is 277 g/mol. The molecule has 1 aromatic heterocycles. The number of anilines is 1. The zero-order valence-corrected chi connectivity index (χ0v) is 13.4. The molecule has 0 saturated heterocycles. The lowest BCUT2D eigenvalue weighted by Gasteiger charge is -2.27. The Morgan fingerprint density at radius 2 is 2.00 bits per heavy atom. The number of carbonyl (C=O) groups is 1. The summed E-state index contributed by atoms with van der Waals surface area (Å²) in [4.78, 5) is 18.8. The van der Waals surface area contributed by atoms with Crippen molar-refractivity contribution in [1.29, 1.82) is 0 Å². The zero-order chi connectivity index (χ0) is 15.1. The zero-order valence-electron chi connectivity index (χ0n) is 13.4. The summed E-state index contributed by atoms with van der Waals surface area (Å²) < 4.78 is 0. The molecule has 1 N–H and O–H groups in total.